The van der Waals surface area contributed by atoms with Crippen LogP contribution >= 0.6 is 23.4 Å². The lowest BCUT2D eigenvalue weighted by atomic mass is 10.0. The Morgan fingerprint density at radius 2 is 1.94 bits per heavy atom. The number of carbonyl (C=O) groups is 3. The van der Waals surface area contributed by atoms with E-state index in [1.54, 1.807) is 30.4 Å². The van der Waals surface area contributed by atoms with Crippen LogP contribution in [0.15, 0.2) is 54.0 Å². The molecule has 9 heteroatoms. The third-order valence-electron chi connectivity index (χ3n) is 4.58. The predicted molar refractivity (Wildman–Crippen MR) is 128 cm³/mol. The summed E-state index contributed by atoms with van der Waals surface area (Å²) in [5.74, 6) is -0.851. The first-order valence-corrected chi connectivity index (χ1v) is 11.3. The Morgan fingerprint density at radius 3 is 2.58 bits per heavy atom. The van der Waals surface area contributed by atoms with Gasteiger partial charge in [0.25, 0.3) is 11.1 Å². The molecule has 3 rings (SSSR count). The van der Waals surface area contributed by atoms with E-state index in [4.69, 9.17) is 26.2 Å². The van der Waals surface area contributed by atoms with Gasteiger partial charge in [0.15, 0.2) is 11.5 Å². The van der Waals surface area contributed by atoms with Crippen LogP contribution in [0.2, 0.25) is 5.02 Å². The molecule has 1 aliphatic rings. The number of thioether (sulfide) groups is 1. The van der Waals surface area contributed by atoms with Gasteiger partial charge in [0.05, 0.1) is 11.5 Å². The lowest BCUT2D eigenvalue weighted by molar-refractivity contribution is -0.140. The fraction of sp³-hybridized carbons (Fsp3) is 0.208. The van der Waals surface area contributed by atoms with Gasteiger partial charge in [-0.1, -0.05) is 29.8 Å². The molecule has 0 spiro atoms. The van der Waals surface area contributed by atoms with E-state index in [2.05, 4.69) is 6.58 Å². The summed E-state index contributed by atoms with van der Waals surface area (Å²) >= 11 is 6.65. The van der Waals surface area contributed by atoms with Gasteiger partial charge in [0.1, 0.15) is 13.2 Å². The first-order chi connectivity index (χ1) is 15.8. The normalized spacial score (nSPS) is 14.6. The molecule has 7 nitrogen and oxygen atoms in total. The van der Waals surface area contributed by atoms with Gasteiger partial charge in [-0.15, -0.1) is 6.58 Å². The van der Waals surface area contributed by atoms with E-state index < -0.39 is 23.7 Å². The van der Waals surface area contributed by atoms with Gasteiger partial charge in [-0.2, -0.15) is 0 Å². The van der Waals surface area contributed by atoms with Crippen LogP contribution in [0.5, 0.6) is 11.5 Å². The zero-order valence-corrected chi connectivity index (χ0v) is 19.4. The van der Waals surface area contributed by atoms with Crippen molar-refractivity contribution in [3.05, 3.63) is 75.7 Å². The molecule has 2 amide bonds. The number of hydrogen-bond donors (Lipinski definition) is 1. The van der Waals surface area contributed by atoms with E-state index in [9.17, 15) is 14.4 Å². The Bertz CT molecular complexity index is 1110. The number of benzene rings is 2. The molecule has 1 N–H and O–H groups in total. The summed E-state index contributed by atoms with van der Waals surface area (Å²) in [5, 5.41) is 8.95. The summed E-state index contributed by atoms with van der Waals surface area (Å²) in [6, 6.07) is 10.9. The number of imide groups is 1. The molecular weight excluding hydrogens is 466 g/mol. The molecule has 0 aromatic heterocycles. The molecule has 1 aliphatic heterocycles. The molecule has 0 radical (unpaired) electrons. The van der Waals surface area contributed by atoms with E-state index in [0.29, 0.717) is 58.4 Å². The van der Waals surface area contributed by atoms with Crippen LogP contribution in [0, 0.1) is 0 Å². The molecule has 0 unspecified atom stereocenters. The molecule has 0 saturated carbocycles. The van der Waals surface area contributed by atoms with Crippen molar-refractivity contribution in [2.24, 2.45) is 0 Å². The molecule has 172 valence electrons. The Kier molecular flexibility index (Phi) is 8.19. The van der Waals surface area contributed by atoms with Crippen LogP contribution in [-0.2, 0) is 22.6 Å². The van der Waals surface area contributed by atoms with E-state index in [1.165, 1.54) is 0 Å². The van der Waals surface area contributed by atoms with Crippen molar-refractivity contribution in [1.29, 1.82) is 0 Å². The van der Waals surface area contributed by atoms with Crippen molar-refractivity contribution in [1.82, 2.24) is 4.90 Å². The minimum absolute atomic E-state index is 0.142. The fourth-order valence-corrected chi connectivity index (χ4v) is 4.12. The SMILES string of the molecule is C=CCc1cc(/C=C2/SC(=O)N(CC(=O)O)C2=O)cc(OCC)c1OCc1ccc(Cl)cc1. The van der Waals surface area contributed by atoms with E-state index >= 15 is 0 Å². The monoisotopic (exact) mass is 487 g/mol. The molecule has 33 heavy (non-hydrogen) atoms. The average molecular weight is 488 g/mol. The van der Waals surface area contributed by atoms with Crippen molar-refractivity contribution < 1.29 is 29.0 Å². The highest BCUT2D eigenvalue weighted by Gasteiger charge is 2.36. The highest BCUT2D eigenvalue weighted by Crippen LogP contribution is 2.37. The second kappa shape index (κ2) is 11.1. The van der Waals surface area contributed by atoms with Gasteiger partial charge < -0.3 is 14.6 Å². The molecular formula is C24H22ClNO6S. The van der Waals surface area contributed by atoms with E-state index in [-0.39, 0.29) is 4.91 Å². The molecule has 1 heterocycles. The van der Waals surface area contributed by atoms with Crippen molar-refractivity contribution in [3.63, 3.8) is 0 Å². The van der Waals surface area contributed by atoms with Crippen molar-refractivity contribution in [2.45, 2.75) is 20.0 Å². The fourth-order valence-electron chi connectivity index (χ4n) is 3.16. The van der Waals surface area contributed by atoms with Crippen molar-refractivity contribution in [3.8, 4) is 11.5 Å². The third kappa shape index (κ3) is 6.18. The second-order valence-electron chi connectivity index (χ2n) is 7.01. The quantitative estimate of drug-likeness (QED) is 0.365. The molecule has 2 aromatic carbocycles. The summed E-state index contributed by atoms with van der Waals surface area (Å²) in [4.78, 5) is 36.3. The van der Waals surface area contributed by atoms with Gasteiger partial charge in [-0.05, 0) is 66.6 Å². The third-order valence-corrected chi connectivity index (χ3v) is 5.74. The summed E-state index contributed by atoms with van der Waals surface area (Å²) in [7, 11) is 0. The molecule has 0 aliphatic carbocycles. The van der Waals surface area contributed by atoms with Crippen molar-refractivity contribution >= 4 is 46.6 Å². The van der Waals surface area contributed by atoms with E-state index in [0.717, 1.165) is 11.1 Å². The smallest absolute Gasteiger partial charge is 0.323 e. The molecule has 1 saturated heterocycles. The van der Waals surface area contributed by atoms with Crippen LogP contribution < -0.4 is 9.47 Å². The zero-order valence-electron chi connectivity index (χ0n) is 17.9. The van der Waals surface area contributed by atoms with Crippen LogP contribution in [-0.4, -0.2) is 40.3 Å². The number of aliphatic carboxylic acids is 1. The number of ether oxygens (including phenoxy) is 2. The molecule has 0 bridgehead atoms. The summed E-state index contributed by atoms with van der Waals surface area (Å²) in [5.41, 5.74) is 2.35. The number of carboxylic acids is 1. The number of rotatable bonds is 10. The summed E-state index contributed by atoms with van der Waals surface area (Å²) < 4.78 is 11.9. The highest BCUT2D eigenvalue weighted by molar-refractivity contribution is 8.18. The lowest BCUT2D eigenvalue weighted by Crippen LogP contribution is -2.33. The lowest BCUT2D eigenvalue weighted by Gasteiger charge is -2.17. The topological polar surface area (TPSA) is 93.1 Å². The number of carbonyl (C=O) groups excluding carboxylic acids is 2. The first kappa shape index (κ1) is 24.4. The maximum Gasteiger partial charge on any atom is 0.323 e. The Hall–Kier alpha value is -3.23. The standard InChI is InChI=1S/C24H22ClNO6S/c1-3-5-17-10-16(12-20-23(29)26(13-21(27)28)24(30)33-20)11-19(31-4-2)22(17)32-14-15-6-8-18(25)9-7-15/h3,6-12H,1,4-5,13-14H2,2H3,(H,27,28)/b20-12+. The highest BCUT2D eigenvalue weighted by atomic mass is 35.5. The number of allylic oxidation sites excluding steroid dienone is 1. The Balaban J connectivity index is 1.93. The molecule has 1 fully saturated rings. The average Bonchev–Trinajstić information content (AvgIpc) is 3.02. The van der Waals surface area contributed by atoms with Crippen LogP contribution in [0.3, 0.4) is 0 Å². The Morgan fingerprint density at radius 1 is 1.21 bits per heavy atom. The number of halogens is 1. The van der Waals surface area contributed by atoms with E-state index in [1.807, 2.05) is 25.1 Å². The predicted octanol–water partition coefficient (Wildman–Crippen LogP) is 5.17. The molecule has 0 atom stereocenters. The van der Waals surface area contributed by atoms with Crippen LogP contribution in [0.25, 0.3) is 6.08 Å². The van der Waals surface area contributed by atoms with Gasteiger partial charge >= 0.3 is 5.97 Å². The van der Waals surface area contributed by atoms with Crippen LogP contribution in [0.4, 0.5) is 4.79 Å². The number of nitrogens with zero attached hydrogens (tertiary/aromatic N) is 1. The maximum absolute atomic E-state index is 12.5. The molecule has 2 aromatic rings. The minimum atomic E-state index is -1.26. The van der Waals surface area contributed by atoms with Gasteiger partial charge in [0.2, 0.25) is 0 Å². The minimum Gasteiger partial charge on any atom is -0.490 e. The zero-order chi connectivity index (χ0) is 24.0. The largest absolute Gasteiger partial charge is 0.490 e. The van der Waals surface area contributed by atoms with Crippen LogP contribution in [0.1, 0.15) is 23.6 Å². The van der Waals surface area contributed by atoms with Gasteiger partial charge in [0, 0.05) is 10.6 Å². The number of carboxylic acid groups (broad SMARTS) is 1. The number of hydrogen-bond acceptors (Lipinski definition) is 6. The Labute approximate surface area is 200 Å². The summed E-state index contributed by atoms with van der Waals surface area (Å²) in [6.45, 7) is 5.67. The number of amides is 2. The van der Waals surface area contributed by atoms with Crippen molar-refractivity contribution in [2.75, 3.05) is 13.2 Å². The van der Waals surface area contributed by atoms with Gasteiger partial charge in [-0.3, -0.25) is 19.3 Å². The van der Waals surface area contributed by atoms with Gasteiger partial charge in [-0.25, -0.2) is 0 Å². The second-order valence-corrected chi connectivity index (χ2v) is 8.44. The maximum atomic E-state index is 12.5. The summed E-state index contributed by atoms with van der Waals surface area (Å²) in [6.07, 6.45) is 3.76. The first-order valence-electron chi connectivity index (χ1n) is 10.1.